The van der Waals surface area contributed by atoms with Crippen molar-refractivity contribution in [2.24, 2.45) is 0 Å². The van der Waals surface area contributed by atoms with Gasteiger partial charge in [-0.2, -0.15) is 0 Å². The summed E-state index contributed by atoms with van der Waals surface area (Å²) in [5, 5.41) is 0.705. The Morgan fingerprint density at radius 1 is 1.32 bits per heavy atom. The molecule has 1 fully saturated rings. The number of nitrogens with zero attached hydrogens (tertiary/aromatic N) is 2. The Hall–Kier alpha value is -1.39. The molecule has 0 aliphatic heterocycles. The van der Waals surface area contributed by atoms with Crippen molar-refractivity contribution in [3.05, 3.63) is 63.3 Å². The van der Waals surface area contributed by atoms with Crippen LogP contribution in [0.5, 0.6) is 0 Å². The largest absolute Gasteiger partial charge is 0.329 e. The second-order valence-corrected chi connectivity index (χ2v) is 6.92. The zero-order valence-corrected chi connectivity index (χ0v) is 14.5. The van der Waals surface area contributed by atoms with E-state index < -0.39 is 0 Å². The molecule has 1 aliphatic carbocycles. The first-order valence-corrected chi connectivity index (χ1v) is 8.42. The molecule has 0 spiro atoms. The fourth-order valence-corrected chi connectivity index (χ4v) is 3.08. The highest BCUT2D eigenvalue weighted by atomic mass is 79.9. The number of hydrogen-bond acceptors (Lipinski definition) is 2. The summed E-state index contributed by atoms with van der Waals surface area (Å²) in [5.41, 5.74) is 1.70. The van der Waals surface area contributed by atoms with Gasteiger partial charge in [-0.05, 0) is 59.5 Å². The fourth-order valence-electron chi connectivity index (χ4n) is 2.59. The van der Waals surface area contributed by atoms with Crippen molar-refractivity contribution < 1.29 is 4.79 Å². The molecule has 1 aliphatic rings. The lowest BCUT2D eigenvalue weighted by atomic mass is 10.1. The van der Waals surface area contributed by atoms with E-state index >= 15 is 0 Å². The molecular weight excluding hydrogens is 364 g/mol. The van der Waals surface area contributed by atoms with E-state index in [0.717, 1.165) is 22.9 Å². The Labute approximate surface area is 143 Å². The zero-order chi connectivity index (χ0) is 15.7. The third-order valence-electron chi connectivity index (χ3n) is 3.90. The molecule has 0 saturated heterocycles. The Morgan fingerprint density at radius 3 is 2.59 bits per heavy atom. The molecule has 1 unspecified atom stereocenters. The van der Waals surface area contributed by atoms with Crippen LogP contribution in [0.1, 0.15) is 41.7 Å². The number of halogens is 2. The summed E-state index contributed by atoms with van der Waals surface area (Å²) in [6.45, 7) is 2.06. The topological polar surface area (TPSA) is 33.2 Å². The molecule has 1 heterocycles. The highest BCUT2D eigenvalue weighted by Gasteiger charge is 2.36. The Balaban J connectivity index is 1.89. The fraction of sp³-hybridized carbons (Fsp3) is 0.294. The molecule has 22 heavy (non-hydrogen) atoms. The van der Waals surface area contributed by atoms with Crippen LogP contribution in [0.15, 0.2) is 47.2 Å². The number of rotatable bonds is 4. The maximum atomic E-state index is 12.9. The first-order valence-electron chi connectivity index (χ1n) is 7.25. The van der Waals surface area contributed by atoms with E-state index in [0.29, 0.717) is 16.6 Å². The van der Waals surface area contributed by atoms with Crippen LogP contribution in [0.3, 0.4) is 0 Å². The molecule has 2 aromatic rings. The van der Waals surface area contributed by atoms with E-state index in [2.05, 4.69) is 27.8 Å². The van der Waals surface area contributed by atoms with Crippen LogP contribution < -0.4 is 0 Å². The number of aromatic nitrogens is 1. The Kier molecular flexibility index (Phi) is 4.50. The van der Waals surface area contributed by atoms with Gasteiger partial charge in [0, 0.05) is 27.9 Å². The van der Waals surface area contributed by atoms with Crippen LogP contribution >= 0.6 is 27.5 Å². The maximum absolute atomic E-state index is 12.9. The van der Waals surface area contributed by atoms with Crippen LogP contribution in [-0.4, -0.2) is 21.8 Å². The summed E-state index contributed by atoms with van der Waals surface area (Å²) in [5.74, 6) is 0.0266. The van der Waals surface area contributed by atoms with Crippen molar-refractivity contribution in [1.82, 2.24) is 9.88 Å². The molecule has 1 saturated carbocycles. The van der Waals surface area contributed by atoms with Gasteiger partial charge in [0.25, 0.3) is 5.91 Å². The number of carbonyl (C=O) groups is 1. The number of hydrogen-bond donors (Lipinski definition) is 0. The van der Waals surface area contributed by atoms with E-state index in [1.807, 2.05) is 35.2 Å². The van der Waals surface area contributed by atoms with E-state index in [1.165, 1.54) is 0 Å². The van der Waals surface area contributed by atoms with Crippen molar-refractivity contribution in [1.29, 1.82) is 0 Å². The predicted molar refractivity (Wildman–Crippen MR) is 91.0 cm³/mol. The standard InChI is InChI=1S/C17H16BrClN2O/c1-11(12-2-4-15(19)5-3-12)21(16-6-7-16)17(22)13-8-14(18)10-20-9-13/h2-5,8-11,16H,6-7H2,1H3. The average Bonchev–Trinajstić information content (AvgIpc) is 3.32. The van der Waals surface area contributed by atoms with Crippen molar-refractivity contribution in [3.63, 3.8) is 0 Å². The minimum absolute atomic E-state index is 0.0104. The summed E-state index contributed by atoms with van der Waals surface area (Å²) in [6.07, 6.45) is 5.42. The van der Waals surface area contributed by atoms with Crippen molar-refractivity contribution >= 4 is 33.4 Å². The van der Waals surface area contributed by atoms with E-state index in [1.54, 1.807) is 12.4 Å². The highest BCUT2D eigenvalue weighted by molar-refractivity contribution is 9.10. The van der Waals surface area contributed by atoms with E-state index in [9.17, 15) is 4.79 Å². The molecule has 5 heteroatoms. The van der Waals surface area contributed by atoms with Gasteiger partial charge in [-0.15, -0.1) is 0 Å². The maximum Gasteiger partial charge on any atom is 0.256 e. The Bertz CT molecular complexity index is 685. The minimum Gasteiger partial charge on any atom is -0.329 e. The molecule has 1 aromatic heterocycles. The smallest absolute Gasteiger partial charge is 0.256 e. The van der Waals surface area contributed by atoms with Gasteiger partial charge in [0.1, 0.15) is 0 Å². The summed E-state index contributed by atoms with van der Waals surface area (Å²) in [4.78, 5) is 19.0. The summed E-state index contributed by atoms with van der Waals surface area (Å²) in [7, 11) is 0. The lowest BCUT2D eigenvalue weighted by Crippen LogP contribution is -2.35. The van der Waals surface area contributed by atoms with Gasteiger partial charge < -0.3 is 4.90 Å². The van der Waals surface area contributed by atoms with Gasteiger partial charge in [-0.1, -0.05) is 23.7 Å². The lowest BCUT2D eigenvalue weighted by molar-refractivity contribution is 0.0673. The molecule has 3 nitrogen and oxygen atoms in total. The molecule has 0 N–H and O–H groups in total. The van der Waals surface area contributed by atoms with Gasteiger partial charge in [-0.25, -0.2) is 0 Å². The van der Waals surface area contributed by atoms with E-state index in [4.69, 9.17) is 11.6 Å². The first-order chi connectivity index (χ1) is 10.6. The molecule has 3 rings (SSSR count). The minimum atomic E-state index is 0.0104. The third-order valence-corrected chi connectivity index (χ3v) is 4.58. The van der Waals surface area contributed by atoms with Gasteiger partial charge in [0.2, 0.25) is 0 Å². The van der Waals surface area contributed by atoms with Crippen LogP contribution in [0.2, 0.25) is 5.02 Å². The molecule has 1 amide bonds. The van der Waals surface area contributed by atoms with Crippen LogP contribution in [0.25, 0.3) is 0 Å². The van der Waals surface area contributed by atoms with Crippen LogP contribution in [0, 0.1) is 0 Å². The van der Waals surface area contributed by atoms with Gasteiger partial charge in [0.05, 0.1) is 11.6 Å². The zero-order valence-electron chi connectivity index (χ0n) is 12.2. The lowest BCUT2D eigenvalue weighted by Gasteiger charge is -2.30. The number of amides is 1. The monoisotopic (exact) mass is 378 g/mol. The quantitative estimate of drug-likeness (QED) is 0.760. The number of carbonyl (C=O) groups excluding carboxylic acids is 1. The number of pyridine rings is 1. The van der Waals surface area contributed by atoms with Gasteiger partial charge in [0.15, 0.2) is 0 Å². The number of benzene rings is 1. The third kappa shape index (κ3) is 3.33. The van der Waals surface area contributed by atoms with Crippen molar-refractivity contribution in [2.45, 2.75) is 31.8 Å². The summed E-state index contributed by atoms with van der Waals surface area (Å²) in [6, 6.07) is 9.84. The van der Waals surface area contributed by atoms with Crippen molar-refractivity contribution in [3.8, 4) is 0 Å². The molecule has 114 valence electrons. The normalized spacial score (nSPS) is 15.4. The molecular formula is C17H16BrClN2O. The molecule has 1 atom stereocenters. The van der Waals surface area contributed by atoms with E-state index in [-0.39, 0.29) is 11.9 Å². The molecule has 1 aromatic carbocycles. The second kappa shape index (κ2) is 6.39. The predicted octanol–water partition coefficient (Wildman–Crippen LogP) is 4.86. The highest BCUT2D eigenvalue weighted by Crippen LogP contribution is 2.36. The Morgan fingerprint density at radius 2 is 2.00 bits per heavy atom. The van der Waals surface area contributed by atoms with Gasteiger partial charge in [-0.3, -0.25) is 9.78 Å². The van der Waals surface area contributed by atoms with Gasteiger partial charge >= 0.3 is 0 Å². The van der Waals surface area contributed by atoms with Crippen molar-refractivity contribution in [2.75, 3.05) is 0 Å². The summed E-state index contributed by atoms with van der Waals surface area (Å²) >= 11 is 9.33. The first kappa shape index (κ1) is 15.5. The molecule has 0 bridgehead atoms. The van der Waals surface area contributed by atoms with Crippen LogP contribution in [0.4, 0.5) is 0 Å². The second-order valence-electron chi connectivity index (χ2n) is 5.56. The van der Waals surface area contributed by atoms with Crippen LogP contribution in [-0.2, 0) is 0 Å². The average molecular weight is 380 g/mol. The SMILES string of the molecule is CC(c1ccc(Cl)cc1)N(C(=O)c1cncc(Br)c1)C1CC1. The summed E-state index contributed by atoms with van der Waals surface area (Å²) < 4.78 is 0.813. The molecule has 0 radical (unpaired) electrons.